The summed E-state index contributed by atoms with van der Waals surface area (Å²) in [5.41, 5.74) is 6.82. The summed E-state index contributed by atoms with van der Waals surface area (Å²) in [4.78, 5) is 17.1. The lowest BCUT2D eigenvalue weighted by Gasteiger charge is -2.44. The Kier molecular flexibility index (Phi) is 4.97. The molecule has 0 bridgehead atoms. The fourth-order valence-electron chi connectivity index (χ4n) is 3.23. The molecule has 2 atom stereocenters. The molecule has 2 aliphatic heterocycles. The highest BCUT2D eigenvalue weighted by atomic mass is 32.2. The van der Waals surface area contributed by atoms with Crippen molar-refractivity contribution in [1.29, 1.82) is 0 Å². The number of fused-ring (bicyclic) bond motifs is 1. The molecule has 25 heavy (non-hydrogen) atoms. The molecule has 2 aliphatic rings. The topological polar surface area (TPSA) is 85.9 Å². The Bertz CT molecular complexity index is 686. The Labute approximate surface area is 152 Å². The molecule has 0 aromatic heterocycles. The van der Waals surface area contributed by atoms with Crippen molar-refractivity contribution in [3.8, 4) is 0 Å². The third-order valence-electron chi connectivity index (χ3n) is 4.34. The number of carbonyl (C=O) groups is 1. The zero-order valence-electron chi connectivity index (χ0n) is 14.9. The van der Waals surface area contributed by atoms with Gasteiger partial charge in [-0.05, 0) is 38.5 Å². The third-order valence-corrected chi connectivity index (χ3v) is 5.37. The number of ether oxygens (including phenoxy) is 2. The fraction of sp³-hybridized carbons (Fsp3) is 0.556. The van der Waals surface area contributed by atoms with Crippen molar-refractivity contribution < 1.29 is 14.3 Å². The molecule has 136 valence electrons. The second-order valence-electron chi connectivity index (χ2n) is 7.43. The number of rotatable bonds is 1. The van der Waals surface area contributed by atoms with Gasteiger partial charge in [-0.1, -0.05) is 23.9 Å². The minimum atomic E-state index is -0.545. The van der Waals surface area contributed by atoms with Gasteiger partial charge < -0.3 is 15.2 Å². The molecular formula is C18H25N3O3S. The standard InChI is InChI=1S/C18H25N3O3S/c1-17(2,3)24-16(22)20-15-21-18(12-5-4-6-14(19)9-12)7-8-23-10-13(18)11-25-15/h4-6,9,13H,7-8,10-11,19H2,1-3H3,(H,20,21,22)/t13-,18+/m0/s1. The number of benzene rings is 1. The number of nitrogens with zero attached hydrogens (tertiary/aromatic N) is 1. The fourth-order valence-corrected chi connectivity index (χ4v) is 4.34. The van der Waals surface area contributed by atoms with Crippen molar-refractivity contribution in [3.63, 3.8) is 0 Å². The molecule has 7 heteroatoms. The van der Waals surface area contributed by atoms with E-state index in [-0.39, 0.29) is 5.92 Å². The third kappa shape index (κ3) is 4.10. The van der Waals surface area contributed by atoms with E-state index in [1.165, 1.54) is 11.8 Å². The van der Waals surface area contributed by atoms with Crippen LogP contribution in [-0.4, -0.2) is 35.8 Å². The van der Waals surface area contributed by atoms with Gasteiger partial charge in [0.1, 0.15) is 5.60 Å². The van der Waals surface area contributed by atoms with Gasteiger partial charge in [-0.25, -0.2) is 4.79 Å². The maximum Gasteiger partial charge on any atom is 0.413 e. The highest BCUT2D eigenvalue weighted by Crippen LogP contribution is 2.45. The van der Waals surface area contributed by atoms with E-state index in [2.05, 4.69) is 11.4 Å². The molecule has 6 nitrogen and oxygen atoms in total. The number of carbonyl (C=O) groups excluding carboxylic acids is 1. The molecule has 1 aromatic carbocycles. The largest absolute Gasteiger partial charge is 0.444 e. The van der Waals surface area contributed by atoms with Gasteiger partial charge in [0.05, 0.1) is 12.1 Å². The van der Waals surface area contributed by atoms with Crippen LogP contribution in [0.2, 0.25) is 0 Å². The summed E-state index contributed by atoms with van der Waals surface area (Å²) in [6, 6.07) is 7.85. The molecule has 2 heterocycles. The second kappa shape index (κ2) is 6.88. The van der Waals surface area contributed by atoms with Crippen molar-refractivity contribution in [2.45, 2.75) is 38.3 Å². The Morgan fingerprint density at radius 1 is 1.48 bits per heavy atom. The normalized spacial score (nSPS) is 26.4. The molecule has 3 rings (SSSR count). The Hall–Kier alpha value is -1.73. The first-order chi connectivity index (χ1) is 11.8. The highest BCUT2D eigenvalue weighted by Gasteiger charge is 2.46. The molecule has 3 N–H and O–H groups in total. The first-order valence-corrected chi connectivity index (χ1v) is 9.43. The predicted octanol–water partition coefficient (Wildman–Crippen LogP) is 3.13. The minimum Gasteiger partial charge on any atom is -0.444 e. The van der Waals surface area contributed by atoms with Crippen LogP contribution in [0.25, 0.3) is 0 Å². The number of hydrogen-bond donors (Lipinski definition) is 2. The van der Waals surface area contributed by atoms with Crippen LogP contribution in [0.4, 0.5) is 10.5 Å². The van der Waals surface area contributed by atoms with Gasteiger partial charge in [-0.15, -0.1) is 0 Å². The van der Waals surface area contributed by atoms with Crippen LogP contribution in [0.5, 0.6) is 0 Å². The van der Waals surface area contributed by atoms with E-state index >= 15 is 0 Å². The average Bonchev–Trinajstić information content (AvgIpc) is 2.52. The number of amidine groups is 1. The number of aliphatic imine (C=N–C) groups is 1. The Morgan fingerprint density at radius 3 is 3.00 bits per heavy atom. The lowest BCUT2D eigenvalue weighted by atomic mass is 9.76. The minimum absolute atomic E-state index is 0.247. The average molecular weight is 363 g/mol. The summed E-state index contributed by atoms with van der Waals surface area (Å²) >= 11 is 1.53. The summed E-state index contributed by atoms with van der Waals surface area (Å²) in [7, 11) is 0. The number of nitrogen functional groups attached to an aromatic ring is 1. The number of nitrogens with one attached hydrogen (secondary N) is 1. The van der Waals surface area contributed by atoms with Crippen LogP contribution >= 0.6 is 11.8 Å². The van der Waals surface area contributed by atoms with Gasteiger partial charge in [-0.3, -0.25) is 10.3 Å². The Morgan fingerprint density at radius 2 is 2.28 bits per heavy atom. The number of alkyl carbamates (subject to hydrolysis) is 1. The molecule has 1 aromatic rings. The number of hydrogen-bond acceptors (Lipinski definition) is 6. The smallest absolute Gasteiger partial charge is 0.413 e. The molecule has 1 amide bonds. The number of thioether (sulfide) groups is 1. The van der Waals surface area contributed by atoms with Gasteiger partial charge in [0.15, 0.2) is 5.17 Å². The molecule has 0 saturated carbocycles. The van der Waals surface area contributed by atoms with Crippen molar-refractivity contribution >= 4 is 28.7 Å². The summed E-state index contributed by atoms with van der Waals surface area (Å²) in [5.74, 6) is 1.07. The van der Waals surface area contributed by atoms with Gasteiger partial charge in [-0.2, -0.15) is 0 Å². The van der Waals surface area contributed by atoms with E-state index in [4.69, 9.17) is 20.2 Å². The van der Waals surface area contributed by atoms with Crippen LogP contribution < -0.4 is 11.1 Å². The first kappa shape index (κ1) is 18.1. The van der Waals surface area contributed by atoms with Gasteiger partial charge in [0.2, 0.25) is 0 Å². The molecule has 0 spiro atoms. The van der Waals surface area contributed by atoms with E-state index in [9.17, 15) is 4.79 Å². The van der Waals surface area contributed by atoms with Crippen LogP contribution in [-0.2, 0) is 15.0 Å². The number of anilines is 1. The molecule has 0 unspecified atom stereocenters. The molecule has 1 fully saturated rings. The van der Waals surface area contributed by atoms with Gasteiger partial charge in [0.25, 0.3) is 0 Å². The zero-order chi connectivity index (χ0) is 18.1. The summed E-state index contributed by atoms with van der Waals surface area (Å²) in [6.45, 7) is 6.81. The van der Waals surface area contributed by atoms with E-state index in [1.807, 2.05) is 39.0 Å². The predicted molar refractivity (Wildman–Crippen MR) is 101 cm³/mol. The van der Waals surface area contributed by atoms with Crippen molar-refractivity contribution in [2.75, 3.05) is 24.7 Å². The van der Waals surface area contributed by atoms with Crippen molar-refractivity contribution in [2.24, 2.45) is 10.9 Å². The number of nitrogens with two attached hydrogens (primary N) is 1. The van der Waals surface area contributed by atoms with E-state index in [1.54, 1.807) is 0 Å². The van der Waals surface area contributed by atoms with Crippen molar-refractivity contribution in [1.82, 2.24) is 5.32 Å². The monoisotopic (exact) mass is 363 g/mol. The second-order valence-corrected chi connectivity index (χ2v) is 8.44. The van der Waals surface area contributed by atoms with Crippen molar-refractivity contribution in [3.05, 3.63) is 29.8 Å². The molecule has 0 aliphatic carbocycles. The van der Waals surface area contributed by atoms with Crippen LogP contribution in [0.15, 0.2) is 29.3 Å². The van der Waals surface area contributed by atoms with Crippen LogP contribution in [0.3, 0.4) is 0 Å². The van der Waals surface area contributed by atoms with Crippen LogP contribution in [0, 0.1) is 5.92 Å². The highest BCUT2D eigenvalue weighted by molar-refractivity contribution is 8.13. The lowest BCUT2D eigenvalue weighted by Crippen LogP contribution is -2.48. The lowest BCUT2D eigenvalue weighted by molar-refractivity contribution is 0.00993. The van der Waals surface area contributed by atoms with Gasteiger partial charge >= 0.3 is 6.09 Å². The zero-order valence-corrected chi connectivity index (χ0v) is 15.7. The summed E-state index contributed by atoms with van der Waals surface area (Å²) < 4.78 is 11.0. The quantitative estimate of drug-likeness (QED) is 0.749. The summed E-state index contributed by atoms with van der Waals surface area (Å²) in [5, 5.41) is 3.39. The summed E-state index contributed by atoms with van der Waals surface area (Å²) in [6.07, 6.45) is 0.285. The Balaban J connectivity index is 1.90. The molecule has 1 saturated heterocycles. The molecular weight excluding hydrogens is 338 g/mol. The SMILES string of the molecule is CC(C)(C)OC(=O)NC1=N[C@@]2(c3cccc(N)c3)CCOC[C@H]2CS1. The van der Waals surface area contributed by atoms with E-state index in [0.717, 1.165) is 17.7 Å². The first-order valence-electron chi connectivity index (χ1n) is 8.45. The van der Waals surface area contributed by atoms with E-state index in [0.29, 0.717) is 24.1 Å². The number of amides is 1. The van der Waals surface area contributed by atoms with Crippen LogP contribution in [0.1, 0.15) is 32.8 Å². The van der Waals surface area contributed by atoms with E-state index < -0.39 is 17.2 Å². The maximum absolute atomic E-state index is 12.1. The maximum atomic E-state index is 12.1. The van der Waals surface area contributed by atoms with Gasteiger partial charge in [0, 0.05) is 30.4 Å². The molecule has 0 radical (unpaired) electrons.